The number of rotatable bonds is 2. The molecule has 4 aliphatic carbocycles. The minimum absolute atomic E-state index is 0.257. The average molecular weight is 255 g/mol. The van der Waals surface area contributed by atoms with E-state index in [9.17, 15) is 4.79 Å². The Bertz CT molecular complexity index is 362. The molecule has 0 saturated heterocycles. The van der Waals surface area contributed by atoms with E-state index in [0.717, 1.165) is 12.8 Å². The zero-order valence-corrected chi connectivity index (χ0v) is 10.6. The Kier molecular flexibility index (Phi) is 2.53. The number of carbonyl (C=O) groups is 1. The summed E-state index contributed by atoms with van der Waals surface area (Å²) in [6.07, 6.45) is 2.16. The SMILES string of the molecule is CC1C2CC3CC(C2)CC1(C(=O)NC(O)(O)O)C3. The molecular weight excluding hydrogens is 234 g/mol. The van der Waals surface area contributed by atoms with Gasteiger partial charge in [-0.15, -0.1) is 0 Å². The van der Waals surface area contributed by atoms with Crippen LogP contribution in [0.5, 0.6) is 0 Å². The van der Waals surface area contributed by atoms with E-state index in [1.165, 1.54) is 19.3 Å². The molecule has 4 N–H and O–H groups in total. The normalized spacial score (nSPS) is 46.2. The van der Waals surface area contributed by atoms with E-state index in [2.05, 4.69) is 6.92 Å². The lowest BCUT2D eigenvalue weighted by Gasteiger charge is -2.59. The average Bonchev–Trinajstić information content (AvgIpc) is 2.22. The Balaban J connectivity index is 1.87. The molecule has 4 rings (SSSR count). The molecule has 0 spiro atoms. The molecule has 1 amide bonds. The molecule has 0 radical (unpaired) electrons. The van der Waals surface area contributed by atoms with E-state index in [0.29, 0.717) is 17.8 Å². The van der Waals surface area contributed by atoms with Crippen molar-refractivity contribution < 1.29 is 20.1 Å². The summed E-state index contributed by atoms with van der Waals surface area (Å²) < 4.78 is 0. The van der Waals surface area contributed by atoms with Crippen LogP contribution in [0.1, 0.15) is 39.0 Å². The summed E-state index contributed by atoms with van der Waals surface area (Å²) >= 11 is 0. The van der Waals surface area contributed by atoms with Crippen molar-refractivity contribution in [3.63, 3.8) is 0 Å². The van der Waals surface area contributed by atoms with Gasteiger partial charge in [-0.05, 0) is 55.8 Å². The number of nitrogens with one attached hydrogen (secondary N) is 1. The molecule has 18 heavy (non-hydrogen) atoms. The molecular formula is C13H21NO4. The Hall–Kier alpha value is -0.650. The number of carbonyl (C=O) groups excluding carboxylic acids is 1. The predicted octanol–water partition coefficient (Wildman–Crippen LogP) is 0.153. The first-order valence-corrected chi connectivity index (χ1v) is 6.80. The molecule has 0 aliphatic heterocycles. The van der Waals surface area contributed by atoms with Crippen molar-refractivity contribution in [2.75, 3.05) is 0 Å². The number of hydrogen-bond donors (Lipinski definition) is 4. The first kappa shape index (κ1) is 12.4. The maximum absolute atomic E-state index is 12.3. The van der Waals surface area contributed by atoms with Crippen LogP contribution >= 0.6 is 0 Å². The van der Waals surface area contributed by atoms with Gasteiger partial charge in [-0.25, -0.2) is 0 Å². The van der Waals surface area contributed by atoms with Gasteiger partial charge < -0.3 is 15.3 Å². The largest absolute Gasteiger partial charge is 0.369 e. The van der Waals surface area contributed by atoms with E-state index in [1.54, 1.807) is 0 Å². The molecule has 4 saturated carbocycles. The summed E-state index contributed by atoms with van der Waals surface area (Å²) in [5.41, 5.74) is -0.506. The minimum Gasteiger partial charge on any atom is -0.325 e. The lowest BCUT2D eigenvalue weighted by molar-refractivity contribution is -0.328. The van der Waals surface area contributed by atoms with Crippen molar-refractivity contribution in [1.82, 2.24) is 5.32 Å². The third kappa shape index (κ3) is 1.76. The molecule has 0 aromatic carbocycles. The first-order valence-electron chi connectivity index (χ1n) is 6.80. The van der Waals surface area contributed by atoms with E-state index in [1.807, 2.05) is 5.32 Å². The van der Waals surface area contributed by atoms with Gasteiger partial charge >= 0.3 is 6.10 Å². The smallest absolute Gasteiger partial charge is 0.325 e. The molecule has 4 fully saturated rings. The number of hydrogen-bond acceptors (Lipinski definition) is 4. The highest BCUT2D eigenvalue weighted by Gasteiger charge is 2.59. The van der Waals surface area contributed by atoms with Crippen LogP contribution in [0.2, 0.25) is 0 Å². The lowest BCUT2D eigenvalue weighted by Crippen LogP contribution is -2.62. The number of amides is 1. The molecule has 0 aromatic heterocycles. The second-order valence-electron chi connectivity index (χ2n) is 6.64. The monoisotopic (exact) mass is 255 g/mol. The molecule has 3 unspecified atom stereocenters. The Labute approximate surface area is 106 Å². The van der Waals surface area contributed by atoms with Crippen LogP contribution in [0.15, 0.2) is 0 Å². The van der Waals surface area contributed by atoms with Gasteiger partial charge in [-0.2, -0.15) is 0 Å². The van der Waals surface area contributed by atoms with Gasteiger partial charge in [0.05, 0.1) is 5.41 Å². The van der Waals surface area contributed by atoms with Gasteiger partial charge in [0, 0.05) is 0 Å². The number of aliphatic hydroxyl groups is 3. The Morgan fingerprint density at radius 2 is 1.72 bits per heavy atom. The lowest BCUT2D eigenvalue weighted by atomic mass is 9.45. The minimum atomic E-state index is -3.10. The maximum atomic E-state index is 12.3. The van der Waals surface area contributed by atoms with Crippen LogP contribution in [0.3, 0.4) is 0 Å². The second kappa shape index (κ2) is 3.68. The predicted molar refractivity (Wildman–Crippen MR) is 62.7 cm³/mol. The van der Waals surface area contributed by atoms with E-state index >= 15 is 0 Å². The summed E-state index contributed by atoms with van der Waals surface area (Å²) in [6.45, 7) is 2.09. The van der Waals surface area contributed by atoms with Gasteiger partial charge in [-0.1, -0.05) is 6.92 Å². The topological polar surface area (TPSA) is 89.8 Å². The standard InChI is InChI=1S/C13H21NO4/c1-7-10-3-8-2-9(4-10)6-12(7,5-8)11(15)14-13(16,17)18/h7-10,16-18H,2-6H2,1H3,(H,14,15). The molecule has 3 atom stereocenters. The van der Waals surface area contributed by atoms with Gasteiger partial charge in [0.25, 0.3) is 0 Å². The quantitative estimate of drug-likeness (QED) is 0.529. The molecule has 4 bridgehead atoms. The summed E-state index contributed by atoms with van der Waals surface area (Å²) in [7, 11) is 0. The third-order valence-corrected chi connectivity index (χ3v) is 5.56. The molecule has 0 heterocycles. The highest BCUT2D eigenvalue weighted by molar-refractivity contribution is 5.83. The highest BCUT2D eigenvalue weighted by Crippen LogP contribution is 2.62. The highest BCUT2D eigenvalue weighted by atomic mass is 16.7. The molecule has 4 aliphatic rings. The summed E-state index contributed by atoms with van der Waals surface area (Å²) in [6, 6.07) is 0. The van der Waals surface area contributed by atoms with Crippen LogP contribution in [0, 0.1) is 29.1 Å². The van der Waals surface area contributed by atoms with Crippen LogP contribution in [-0.4, -0.2) is 27.3 Å². The van der Waals surface area contributed by atoms with E-state index < -0.39 is 17.4 Å². The summed E-state index contributed by atoms with van der Waals surface area (Å²) in [5, 5.41) is 28.8. The maximum Gasteiger partial charge on any atom is 0.369 e. The Morgan fingerprint density at radius 1 is 1.17 bits per heavy atom. The molecule has 0 aromatic rings. The van der Waals surface area contributed by atoms with Crippen LogP contribution < -0.4 is 5.32 Å². The second-order valence-corrected chi connectivity index (χ2v) is 6.64. The fraction of sp³-hybridized carbons (Fsp3) is 0.923. The van der Waals surface area contributed by atoms with Gasteiger partial charge in [-0.3, -0.25) is 10.1 Å². The van der Waals surface area contributed by atoms with Crippen LogP contribution in [0.4, 0.5) is 0 Å². The van der Waals surface area contributed by atoms with Crippen molar-refractivity contribution in [2.24, 2.45) is 29.1 Å². The van der Waals surface area contributed by atoms with Crippen molar-refractivity contribution >= 4 is 5.91 Å². The van der Waals surface area contributed by atoms with Crippen molar-refractivity contribution in [2.45, 2.75) is 45.1 Å². The van der Waals surface area contributed by atoms with E-state index in [4.69, 9.17) is 15.3 Å². The first-order chi connectivity index (χ1) is 8.30. The van der Waals surface area contributed by atoms with E-state index in [-0.39, 0.29) is 5.92 Å². The fourth-order valence-electron chi connectivity index (χ4n) is 4.96. The molecule has 102 valence electrons. The Morgan fingerprint density at radius 3 is 2.22 bits per heavy atom. The van der Waals surface area contributed by atoms with Crippen molar-refractivity contribution in [1.29, 1.82) is 0 Å². The third-order valence-electron chi connectivity index (χ3n) is 5.56. The van der Waals surface area contributed by atoms with Gasteiger partial charge in [0.2, 0.25) is 5.91 Å². The van der Waals surface area contributed by atoms with Crippen molar-refractivity contribution in [3.05, 3.63) is 0 Å². The molecule has 5 nitrogen and oxygen atoms in total. The van der Waals surface area contributed by atoms with Gasteiger partial charge in [0.15, 0.2) is 0 Å². The zero-order valence-electron chi connectivity index (χ0n) is 10.6. The zero-order chi connectivity index (χ0) is 13.1. The van der Waals surface area contributed by atoms with Crippen LogP contribution in [0.25, 0.3) is 0 Å². The molecule has 5 heteroatoms. The van der Waals surface area contributed by atoms with Crippen molar-refractivity contribution in [3.8, 4) is 0 Å². The van der Waals surface area contributed by atoms with Crippen LogP contribution in [-0.2, 0) is 4.79 Å². The summed E-state index contributed by atoms with van der Waals surface area (Å²) in [5.74, 6) is 1.62. The van der Waals surface area contributed by atoms with Gasteiger partial charge in [0.1, 0.15) is 0 Å². The fourth-order valence-corrected chi connectivity index (χ4v) is 4.96. The summed E-state index contributed by atoms with van der Waals surface area (Å²) in [4.78, 5) is 12.3.